The van der Waals surface area contributed by atoms with Crippen LogP contribution in [0.3, 0.4) is 0 Å². The van der Waals surface area contributed by atoms with Gasteiger partial charge in [0.2, 0.25) is 0 Å². The van der Waals surface area contributed by atoms with Gasteiger partial charge in [0.05, 0.1) is 17.7 Å². The quantitative estimate of drug-likeness (QED) is 0.457. The van der Waals surface area contributed by atoms with Crippen LogP contribution >= 0.6 is 34.8 Å². The summed E-state index contributed by atoms with van der Waals surface area (Å²) in [5.74, 6) is -0.123. The van der Waals surface area contributed by atoms with Crippen molar-refractivity contribution >= 4 is 52.2 Å². The Bertz CT molecular complexity index is 1040. The van der Waals surface area contributed by atoms with Gasteiger partial charge in [-0.15, -0.1) is 0 Å². The van der Waals surface area contributed by atoms with Crippen molar-refractivity contribution in [3.05, 3.63) is 85.0 Å². The summed E-state index contributed by atoms with van der Waals surface area (Å²) in [5.41, 5.74) is 0.525. The number of benzene rings is 2. The molecule has 0 radical (unpaired) electrons. The van der Waals surface area contributed by atoms with E-state index in [4.69, 9.17) is 34.8 Å². The summed E-state index contributed by atoms with van der Waals surface area (Å²) in [6.45, 7) is 0.305. The van der Waals surface area contributed by atoms with Crippen LogP contribution in [0.5, 0.6) is 0 Å². The molecule has 0 aliphatic rings. The molecule has 0 aliphatic heterocycles. The van der Waals surface area contributed by atoms with Gasteiger partial charge in [-0.3, -0.25) is 14.9 Å². The molecule has 3 rings (SSSR count). The van der Waals surface area contributed by atoms with Crippen molar-refractivity contribution in [2.45, 2.75) is 6.54 Å². The SMILES string of the molecule is O=C(Nc1ccnn1Cc1ccc(Cl)cc1Cl)c1ccc(Cl)c([N+](=O)[O-])c1. The van der Waals surface area contributed by atoms with Crippen LogP contribution in [0.4, 0.5) is 11.5 Å². The fraction of sp³-hybridized carbons (Fsp3) is 0.0588. The van der Waals surface area contributed by atoms with E-state index in [2.05, 4.69) is 10.4 Å². The van der Waals surface area contributed by atoms with E-state index in [1.165, 1.54) is 23.0 Å². The highest BCUT2D eigenvalue weighted by molar-refractivity contribution is 6.35. The molecule has 1 amide bonds. The lowest BCUT2D eigenvalue weighted by molar-refractivity contribution is -0.384. The lowest BCUT2D eigenvalue weighted by Gasteiger charge is -2.10. The van der Waals surface area contributed by atoms with Crippen molar-refractivity contribution in [1.82, 2.24) is 9.78 Å². The highest BCUT2D eigenvalue weighted by Gasteiger charge is 2.17. The molecule has 0 aliphatic carbocycles. The second-order valence-electron chi connectivity index (χ2n) is 5.49. The Morgan fingerprint density at radius 1 is 1.11 bits per heavy atom. The predicted molar refractivity (Wildman–Crippen MR) is 104 cm³/mol. The van der Waals surface area contributed by atoms with E-state index in [0.29, 0.717) is 22.4 Å². The summed E-state index contributed by atoms with van der Waals surface area (Å²) in [5, 5.41) is 18.8. The van der Waals surface area contributed by atoms with E-state index in [0.717, 1.165) is 11.6 Å². The Hall–Kier alpha value is -2.61. The van der Waals surface area contributed by atoms with Gasteiger partial charge in [0, 0.05) is 27.7 Å². The second kappa shape index (κ2) is 7.96. The van der Waals surface area contributed by atoms with Gasteiger partial charge >= 0.3 is 0 Å². The lowest BCUT2D eigenvalue weighted by atomic mass is 10.2. The van der Waals surface area contributed by atoms with E-state index >= 15 is 0 Å². The third-order valence-corrected chi connectivity index (χ3v) is 4.60. The molecule has 1 heterocycles. The van der Waals surface area contributed by atoms with Crippen molar-refractivity contribution in [1.29, 1.82) is 0 Å². The molecule has 0 atom stereocenters. The van der Waals surface area contributed by atoms with Crippen LogP contribution in [0.2, 0.25) is 15.1 Å². The number of amides is 1. The third-order valence-electron chi connectivity index (χ3n) is 3.70. The summed E-state index contributed by atoms with van der Waals surface area (Å²) in [6.07, 6.45) is 1.52. The van der Waals surface area contributed by atoms with Gasteiger partial charge in [0.15, 0.2) is 0 Å². The highest BCUT2D eigenvalue weighted by Crippen LogP contribution is 2.26. The number of nitrogens with one attached hydrogen (secondary N) is 1. The Kier molecular flexibility index (Phi) is 5.65. The molecule has 7 nitrogen and oxygen atoms in total. The lowest BCUT2D eigenvalue weighted by Crippen LogP contribution is -2.16. The van der Waals surface area contributed by atoms with Gasteiger partial charge < -0.3 is 5.32 Å². The Morgan fingerprint density at radius 3 is 2.59 bits per heavy atom. The largest absolute Gasteiger partial charge is 0.307 e. The van der Waals surface area contributed by atoms with E-state index < -0.39 is 10.8 Å². The van der Waals surface area contributed by atoms with E-state index in [9.17, 15) is 14.9 Å². The van der Waals surface area contributed by atoms with E-state index in [1.807, 2.05) is 0 Å². The first kappa shape index (κ1) is 19.2. The normalized spacial score (nSPS) is 10.6. The van der Waals surface area contributed by atoms with Crippen LogP contribution in [0.25, 0.3) is 0 Å². The Balaban J connectivity index is 1.81. The zero-order valence-corrected chi connectivity index (χ0v) is 15.8. The molecule has 0 saturated heterocycles. The first-order valence-corrected chi connectivity index (χ1v) is 8.69. The number of rotatable bonds is 5. The van der Waals surface area contributed by atoms with Gasteiger partial charge in [0.25, 0.3) is 11.6 Å². The van der Waals surface area contributed by atoms with Crippen molar-refractivity contribution < 1.29 is 9.72 Å². The average Bonchev–Trinajstić information content (AvgIpc) is 3.04. The molecule has 0 fully saturated rings. The fourth-order valence-corrected chi connectivity index (χ4v) is 3.01. The average molecular weight is 426 g/mol. The molecule has 0 spiro atoms. The number of nitrogens with zero attached hydrogens (tertiary/aromatic N) is 3. The summed E-state index contributed by atoms with van der Waals surface area (Å²) < 4.78 is 1.54. The second-order valence-corrected chi connectivity index (χ2v) is 6.74. The number of hydrogen-bond acceptors (Lipinski definition) is 4. The third kappa shape index (κ3) is 4.39. The van der Waals surface area contributed by atoms with Crippen LogP contribution in [0.15, 0.2) is 48.7 Å². The maximum Gasteiger partial charge on any atom is 0.288 e. The number of aromatic nitrogens is 2. The molecule has 3 aromatic rings. The summed E-state index contributed by atoms with van der Waals surface area (Å²) in [7, 11) is 0. The zero-order valence-electron chi connectivity index (χ0n) is 13.5. The minimum atomic E-state index is -0.647. The van der Waals surface area contributed by atoms with Crippen molar-refractivity contribution in [3.8, 4) is 0 Å². The molecule has 1 aromatic heterocycles. The van der Waals surface area contributed by atoms with Crippen molar-refractivity contribution in [3.63, 3.8) is 0 Å². The molecule has 0 bridgehead atoms. The smallest absolute Gasteiger partial charge is 0.288 e. The molecule has 2 aromatic carbocycles. The molecule has 138 valence electrons. The van der Waals surface area contributed by atoms with Gasteiger partial charge in [-0.1, -0.05) is 40.9 Å². The maximum atomic E-state index is 12.5. The van der Waals surface area contributed by atoms with Crippen LogP contribution in [-0.2, 0) is 6.54 Å². The molecule has 0 saturated carbocycles. The number of nitro benzene ring substituents is 1. The van der Waals surface area contributed by atoms with E-state index in [1.54, 1.807) is 24.3 Å². The first-order valence-electron chi connectivity index (χ1n) is 7.56. The van der Waals surface area contributed by atoms with Gasteiger partial charge in [-0.25, -0.2) is 4.68 Å². The van der Waals surface area contributed by atoms with Crippen LogP contribution in [-0.4, -0.2) is 20.6 Å². The monoisotopic (exact) mass is 424 g/mol. The van der Waals surface area contributed by atoms with Crippen LogP contribution in [0, 0.1) is 10.1 Å². The number of anilines is 1. The topological polar surface area (TPSA) is 90.1 Å². The number of carbonyl (C=O) groups excluding carboxylic acids is 1. The minimum absolute atomic E-state index is 0.0426. The predicted octanol–water partition coefficient (Wildman–Crippen LogP) is 5.05. The van der Waals surface area contributed by atoms with Gasteiger partial charge in [0.1, 0.15) is 10.8 Å². The molecular formula is C17H11Cl3N4O3. The molecule has 1 N–H and O–H groups in total. The van der Waals surface area contributed by atoms with Gasteiger partial charge in [-0.2, -0.15) is 5.10 Å². The van der Waals surface area contributed by atoms with E-state index in [-0.39, 0.29) is 16.3 Å². The highest BCUT2D eigenvalue weighted by atomic mass is 35.5. The maximum absolute atomic E-state index is 12.5. The minimum Gasteiger partial charge on any atom is -0.307 e. The van der Waals surface area contributed by atoms with Crippen LogP contribution < -0.4 is 5.32 Å². The Morgan fingerprint density at radius 2 is 1.89 bits per heavy atom. The van der Waals surface area contributed by atoms with Crippen molar-refractivity contribution in [2.24, 2.45) is 0 Å². The molecular weight excluding hydrogens is 415 g/mol. The number of nitro groups is 1. The summed E-state index contributed by atoms with van der Waals surface area (Å²) in [6, 6.07) is 10.5. The Labute approximate surface area is 168 Å². The summed E-state index contributed by atoms with van der Waals surface area (Å²) in [4.78, 5) is 22.8. The molecule has 10 heteroatoms. The molecule has 0 unspecified atom stereocenters. The zero-order chi connectivity index (χ0) is 19.6. The number of halogens is 3. The van der Waals surface area contributed by atoms with Gasteiger partial charge in [-0.05, 0) is 29.8 Å². The molecule has 27 heavy (non-hydrogen) atoms. The van der Waals surface area contributed by atoms with Crippen molar-refractivity contribution in [2.75, 3.05) is 5.32 Å². The number of carbonyl (C=O) groups is 1. The first-order chi connectivity index (χ1) is 12.8. The number of hydrogen-bond donors (Lipinski definition) is 1. The van der Waals surface area contributed by atoms with Crippen LogP contribution in [0.1, 0.15) is 15.9 Å². The standard InChI is InChI=1S/C17H11Cl3N4O3/c18-12-3-1-11(14(20)8-12)9-23-16(5-6-21-23)22-17(25)10-2-4-13(19)15(7-10)24(26)27/h1-8H,9H2,(H,22,25). The fourth-order valence-electron chi connectivity index (χ4n) is 2.36. The summed E-state index contributed by atoms with van der Waals surface area (Å²) >= 11 is 17.8.